The Kier molecular flexibility index (Phi) is 4.46. The van der Waals surface area contributed by atoms with Crippen LogP contribution < -0.4 is 10.6 Å². The summed E-state index contributed by atoms with van der Waals surface area (Å²) >= 11 is 1.51. The summed E-state index contributed by atoms with van der Waals surface area (Å²) in [5.74, 6) is 0. The van der Waals surface area contributed by atoms with E-state index >= 15 is 0 Å². The van der Waals surface area contributed by atoms with Crippen LogP contribution in [0.1, 0.15) is 6.42 Å². The maximum Gasteiger partial charge on any atom is 0.413 e. The smallest absolute Gasteiger partial charge is 0.413 e. The molecule has 1 aromatic carbocycles. The lowest BCUT2D eigenvalue weighted by Crippen LogP contribution is -2.41. The topological polar surface area (TPSA) is 62.7 Å². The van der Waals surface area contributed by atoms with E-state index in [1.807, 2.05) is 36.6 Å². The molecule has 6 heteroatoms. The quantitative estimate of drug-likeness (QED) is 0.861. The number of thioether (sulfide) groups is 1. The fourth-order valence-electron chi connectivity index (χ4n) is 1.55. The van der Waals surface area contributed by atoms with E-state index in [1.54, 1.807) is 0 Å². The Labute approximate surface area is 110 Å². The van der Waals surface area contributed by atoms with Crippen molar-refractivity contribution in [2.75, 3.05) is 18.1 Å². The minimum absolute atomic E-state index is 0.311. The van der Waals surface area contributed by atoms with Crippen molar-refractivity contribution >= 4 is 28.7 Å². The lowest BCUT2D eigenvalue weighted by Gasteiger charge is -2.23. The predicted octanol–water partition coefficient (Wildman–Crippen LogP) is 2.27. The Morgan fingerprint density at radius 1 is 1.50 bits per heavy atom. The van der Waals surface area contributed by atoms with Crippen molar-refractivity contribution in [3.63, 3.8) is 0 Å². The average molecular weight is 265 g/mol. The zero-order valence-electron chi connectivity index (χ0n) is 10.1. The first-order chi connectivity index (χ1) is 8.78. The largest absolute Gasteiger partial charge is 0.425 e. The van der Waals surface area contributed by atoms with E-state index in [0.717, 1.165) is 10.9 Å². The normalized spacial score (nSPS) is 18.5. The molecule has 2 N–H and O–H groups in total. The lowest BCUT2D eigenvalue weighted by molar-refractivity contribution is 0.0961. The van der Waals surface area contributed by atoms with Gasteiger partial charge in [0.15, 0.2) is 11.4 Å². The van der Waals surface area contributed by atoms with Crippen molar-refractivity contribution in [3.05, 3.63) is 30.3 Å². The molecule has 1 aliphatic rings. The molecule has 1 aliphatic heterocycles. The summed E-state index contributed by atoms with van der Waals surface area (Å²) in [6.07, 6.45) is 1.85. The van der Waals surface area contributed by atoms with Crippen LogP contribution in [0.5, 0.6) is 0 Å². The van der Waals surface area contributed by atoms with Gasteiger partial charge in [0.1, 0.15) is 0 Å². The highest BCUT2D eigenvalue weighted by Crippen LogP contribution is 2.10. The number of carbonyl (C=O) groups excluding carboxylic acids is 1. The number of carbonyl (C=O) groups is 1. The van der Waals surface area contributed by atoms with Gasteiger partial charge in [-0.05, 0) is 18.4 Å². The van der Waals surface area contributed by atoms with Crippen LogP contribution in [-0.2, 0) is 4.74 Å². The second-order valence-electron chi connectivity index (χ2n) is 3.71. The zero-order chi connectivity index (χ0) is 12.8. The number of hydrogen-bond acceptors (Lipinski definition) is 5. The van der Waals surface area contributed by atoms with E-state index in [0.29, 0.717) is 13.0 Å². The van der Waals surface area contributed by atoms with Crippen LogP contribution in [0, 0.1) is 0 Å². The Morgan fingerprint density at radius 2 is 2.28 bits per heavy atom. The maximum atomic E-state index is 11.7. The molecule has 5 nitrogen and oxygen atoms in total. The second-order valence-corrected chi connectivity index (χ2v) is 4.50. The molecule has 0 radical (unpaired) electrons. The standard InChI is InChI=1S/C12H15N3O2S/c1-18-11-13-8-7-10(15-11)17-12(16)14-9-5-3-2-4-6-9/h2-6,10H,7-8H2,1H3,(H,13,15)(H,14,16). The number of amides is 1. The minimum atomic E-state index is -0.457. The second kappa shape index (κ2) is 6.30. The van der Waals surface area contributed by atoms with Gasteiger partial charge >= 0.3 is 6.09 Å². The highest BCUT2D eigenvalue weighted by atomic mass is 32.2. The van der Waals surface area contributed by atoms with Crippen LogP contribution >= 0.6 is 11.8 Å². The van der Waals surface area contributed by atoms with Gasteiger partial charge in [-0.25, -0.2) is 4.79 Å². The molecule has 0 aliphatic carbocycles. The minimum Gasteiger partial charge on any atom is -0.425 e. The highest BCUT2D eigenvalue weighted by molar-refractivity contribution is 8.13. The van der Waals surface area contributed by atoms with Crippen LogP contribution in [0.3, 0.4) is 0 Å². The third-order valence-electron chi connectivity index (χ3n) is 2.39. The van der Waals surface area contributed by atoms with E-state index < -0.39 is 6.09 Å². The molecule has 2 rings (SSSR count). The number of hydrogen-bond donors (Lipinski definition) is 2. The number of aliphatic imine (C=N–C) groups is 1. The average Bonchev–Trinajstić information content (AvgIpc) is 2.40. The Balaban J connectivity index is 1.83. The number of amidine groups is 1. The molecule has 1 unspecified atom stereocenters. The van der Waals surface area contributed by atoms with E-state index in [9.17, 15) is 4.79 Å². The third-order valence-corrected chi connectivity index (χ3v) is 3.03. The molecule has 96 valence electrons. The van der Waals surface area contributed by atoms with Crippen LogP contribution in [0.25, 0.3) is 0 Å². The van der Waals surface area contributed by atoms with Crippen molar-refractivity contribution in [2.24, 2.45) is 4.99 Å². The number of nitrogens with zero attached hydrogens (tertiary/aromatic N) is 1. The number of para-hydroxylation sites is 1. The number of rotatable bonds is 2. The van der Waals surface area contributed by atoms with Gasteiger partial charge in [0, 0.05) is 18.7 Å². The lowest BCUT2D eigenvalue weighted by atomic mass is 10.3. The monoisotopic (exact) mass is 265 g/mol. The summed E-state index contributed by atoms with van der Waals surface area (Å²) in [6.45, 7) is 0.673. The molecular formula is C12H15N3O2S. The number of anilines is 1. The molecular weight excluding hydrogens is 250 g/mol. The summed E-state index contributed by atoms with van der Waals surface area (Å²) in [5.41, 5.74) is 0.720. The number of ether oxygens (including phenoxy) is 1. The summed E-state index contributed by atoms with van der Waals surface area (Å²) in [7, 11) is 0. The fourth-order valence-corrected chi connectivity index (χ4v) is 2.02. The first-order valence-corrected chi connectivity index (χ1v) is 6.88. The highest BCUT2D eigenvalue weighted by Gasteiger charge is 2.18. The molecule has 1 atom stereocenters. The Hall–Kier alpha value is -1.69. The SMILES string of the molecule is CSC1=NCCC(OC(=O)Nc2ccccc2)N1. The van der Waals surface area contributed by atoms with Gasteiger partial charge in [-0.2, -0.15) is 0 Å². The zero-order valence-corrected chi connectivity index (χ0v) is 10.9. The van der Waals surface area contributed by atoms with Crippen molar-refractivity contribution in [3.8, 4) is 0 Å². The molecule has 0 bridgehead atoms. The maximum absolute atomic E-state index is 11.7. The summed E-state index contributed by atoms with van der Waals surface area (Å²) in [5, 5.41) is 6.53. The molecule has 0 fully saturated rings. The van der Waals surface area contributed by atoms with Gasteiger partial charge in [0.05, 0.1) is 0 Å². The van der Waals surface area contributed by atoms with E-state index in [4.69, 9.17) is 4.74 Å². The first-order valence-electron chi connectivity index (χ1n) is 5.65. The number of nitrogens with one attached hydrogen (secondary N) is 2. The van der Waals surface area contributed by atoms with Crippen LogP contribution in [0.15, 0.2) is 35.3 Å². The molecule has 18 heavy (non-hydrogen) atoms. The van der Waals surface area contributed by atoms with Gasteiger partial charge in [-0.15, -0.1) is 0 Å². The first kappa shape index (κ1) is 12.8. The van der Waals surface area contributed by atoms with E-state index in [-0.39, 0.29) is 6.23 Å². The van der Waals surface area contributed by atoms with Crippen molar-refractivity contribution in [1.82, 2.24) is 5.32 Å². The van der Waals surface area contributed by atoms with Gasteiger partial charge in [0.25, 0.3) is 0 Å². The van der Waals surface area contributed by atoms with Gasteiger partial charge in [-0.3, -0.25) is 10.3 Å². The molecule has 0 spiro atoms. The summed E-state index contributed by atoms with van der Waals surface area (Å²) < 4.78 is 5.27. The summed E-state index contributed by atoms with van der Waals surface area (Å²) in [6, 6.07) is 9.22. The van der Waals surface area contributed by atoms with Crippen molar-refractivity contribution in [1.29, 1.82) is 0 Å². The third kappa shape index (κ3) is 3.66. The summed E-state index contributed by atoms with van der Waals surface area (Å²) in [4.78, 5) is 15.9. The van der Waals surface area contributed by atoms with Gasteiger partial charge in [0.2, 0.25) is 0 Å². The van der Waals surface area contributed by atoms with Gasteiger partial charge < -0.3 is 10.1 Å². The molecule has 1 heterocycles. The van der Waals surface area contributed by atoms with Gasteiger partial charge in [-0.1, -0.05) is 30.0 Å². The molecule has 1 aromatic rings. The molecule has 0 saturated carbocycles. The van der Waals surface area contributed by atoms with Crippen molar-refractivity contribution in [2.45, 2.75) is 12.6 Å². The molecule has 1 amide bonds. The van der Waals surface area contributed by atoms with E-state index in [2.05, 4.69) is 15.6 Å². The molecule has 0 aromatic heterocycles. The van der Waals surface area contributed by atoms with Crippen molar-refractivity contribution < 1.29 is 9.53 Å². The van der Waals surface area contributed by atoms with Crippen LogP contribution in [-0.4, -0.2) is 30.3 Å². The van der Waals surface area contributed by atoms with Crippen LogP contribution in [0.2, 0.25) is 0 Å². The fraction of sp³-hybridized carbons (Fsp3) is 0.333. The predicted molar refractivity (Wildman–Crippen MR) is 73.9 cm³/mol. The molecule has 0 saturated heterocycles. The van der Waals surface area contributed by atoms with Crippen LogP contribution in [0.4, 0.5) is 10.5 Å². The number of benzene rings is 1. The Bertz CT molecular complexity index is 436. The Morgan fingerprint density at radius 3 is 3.00 bits per heavy atom. The van der Waals surface area contributed by atoms with E-state index in [1.165, 1.54) is 11.8 Å².